The quantitative estimate of drug-likeness (QED) is 0.824. The number of carbonyl (C=O) groups excluding carboxylic acids is 2. The molecule has 0 saturated heterocycles. The van der Waals surface area contributed by atoms with Gasteiger partial charge < -0.3 is 10.4 Å². The van der Waals surface area contributed by atoms with E-state index in [1.54, 1.807) is 0 Å². The summed E-state index contributed by atoms with van der Waals surface area (Å²) >= 11 is 0. The van der Waals surface area contributed by atoms with Crippen LogP contribution in [0, 0.1) is 23.4 Å². The normalized spacial score (nSPS) is 11.8. The minimum atomic E-state index is -1.29. The third-order valence-corrected chi connectivity index (χ3v) is 3.45. The van der Waals surface area contributed by atoms with Crippen molar-refractivity contribution in [1.29, 1.82) is 0 Å². The molecule has 0 aliphatic rings. The van der Waals surface area contributed by atoms with Gasteiger partial charge in [0.1, 0.15) is 34.9 Å². The van der Waals surface area contributed by atoms with E-state index < -0.39 is 35.1 Å². The lowest BCUT2D eigenvalue weighted by Gasteiger charge is -2.15. The largest absolute Gasteiger partial charge is 0.508 e. The number of nitrogens with one attached hydrogen (secondary N) is 1. The third-order valence-electron chi connectivity index (χ3n) is 3.45. The summed E-state index contributed by atoms with van der Waals surface area (Å²) in [5.41, 5.74) is -0.311. The van der Waals surface area contributed by atoms with Crippen LogP contribution in [-0.4, -0.2) is 16.8 Å². The van der Waals surface area contributed by atoms with E-state index in [4.69, 9.17) is 0 Å². The Labute approximate surface area is 135 Å². The number of ketones is 1. The Balaban J connectivity index is 2.22. The molecule has 0 saturated carbocycles. The smallest absolute Gasteiger partial charge is 0.235 e. The summed E-state index contributed by atoms with van der Waals surface area (Å²) in [7, 11) is 0. The van der Waals surface area contributed by atoms with Gasteiger partial charge in [-0.25, -0.2) is 13.2 Å². The maximum atomic E-state index is 13.7. The molecule has 0 spiro atoms. The van der Waals surface area contributed by atoms with Crippen molar-refractivity contribution in [2.24, 2.45) is 5.92 Å². The molecule has 0 aliphatic carbocycles. The molecule has 24 heavy (non-hydrogen) atoms. The lowest BCUT2D eigenvalue weighted by molar-refractivity contribution is -0.129. The van der Waals surface area contributed by atoms with E-state index in [2.05, 4.69) is 5.32 Å². The van der Waals surface area contributed by atoms with Crippen LogP contribution >= 0.6 is 0 Å². The number of phenolic OH excluding ortho intramolecular Hbond substituents is 1. The molecule has 0 radical (unpaired) electrons. The lowest BCUT2D eigenvalue weighted by atomic mass is 9.94. The monoisotopic (exact) mass is 337 g/mol. The van der Waals surface area contributed by atoms with Crippen LogP contribution in [0.2, 0.25) is 0 Å². The molecule has 0 fully saturated rings. The number of benzene rings is 2. The average Bonchev–Trinajstić information content (AvgIpc) is 2.49. The van der Waals surface area contributed by atoms with Crippen LogP contribution < -0.4 is 5.32 Å². The molecule has 126 valence electrons. The Hall–Kier alpha value is -2.83. The molecule has 7 heteroatoms. The zero-order valence-corrected chi connectivity index (χ0v) is 12.6. The number of anilines is 1. The van der Waals surface area contributed by atoms with E-state index in [0.29, 0.717) is 6.07 Å². The molecule has 1 atom stereocenters. The number of Topliss-reactive ketones (excluding diaryl/α,β-unsaturated/α-hetero) is 1. The van der Waals surface area contributed by atoms with Crippen molar-refractivity contribution in [1.82, 2.24) is 0 Å². The average molecular weight is 337 g/mol. The number of aromatic hydroxyl groups is 1. The van der Waals surface area contributed by atoms with Crippen molar-refractivity contribution in [2.75, 3.05) is 5.32 Å². The second-order valence-corrected chi connectivity index (χ2v) is 5.26. The van der Waals surface area contributed by atoms with E-state index in [-0.39, 0.29) is 23.4 Å². The number of rotatable bonds is 5. The number of halogens is 3. The first-order valence-electron chi connectivity index (χ1n) is 7.01. The topological polar surface area (TPSA) is 66.4 Å². The van der Waals surface area contributed by atoms with E-state index in [1.807, 2.05) is 0 Å². The number of amides is 1. The van der Waals surface area contributed by atoms with Crippen molar-refractivity contribution in [3.63, 3.8) is 0 Å². The van der Waals surface area contributed by atoms with E-state index in [1.165, 1.54) is 0 Å². The van der Waals surface area contributed by atoms with Gasteiger partial charge >= 0.3 is 0 Å². The second kappa shape index (κ2) is 7.16. The van der Waals surface area contributed by atoms with Gasteiger partial charge in [0.2, 0.25) is 5.91 Å². The van der Waals surface area contributed by atoms with Gasteiger partial charge in [-0.2, -0.15) is 0 Å². The number of carbonyl (C=O) groups is 2. The highest BCUT2D eigenvalue weighted by atomic mass is 19.1. The van der Waals surface area contributed by atoms with Crippen molar-refractivity contribution in [2.45, 2.75) is 13.3 Å². The highest BCUT2D eigenvalue weighted by molar-refractivity contribution is 6.06. The van der Waals surface area contributed by atoms with Crippen LogP contribution in [-0.2, 0) is 16.0 Å². The van der Waals surface area contributed by atoms with Crippen molar-refractivity contribution < 1.29 is 27.9 Å². The second-order valence-electron chi connectivity index (χ2n) is 5.26. The molecular weight excluding hydrogens is 323 g/mol. The molecule has 2 rings (SSSR count). The predicted molar refractivity (Wildman–Crippen MR) is 80.9 cm³/mol. The number of hydrogen-bond donors (Lipinski definition) is 2. The first kappa shape index (κ1) is 17.5. The fourth-order valence-electron chi connectivity index (χ4n) is 2.16. The zero-order chi connectivity index (χ0) is 17.9. The first-order valence-corrected chi connectivity index (χ1v) is 7.01. The molecule has 1 unspecified atom stereocenters. The Bertz CT molecular complexity index is 793. The van der Waals surface area contributed by atoms with Crippen LogP contribution in [0.5, 0.6) is 5.75 Å². The molecule has 0 bridgehead atoms. The molecule has 1 amide bonds. The maximum absolute atomic E-state index is 13.7. The van der Waals surface area contributed by atoms with E-state index >= 15 is 0 Å². The van der Waals surface area contributed by atoms with Gasteiger partial charge in [0, 0.05) is 12.1 Å². The minimum absolute atomic E-state index is 0.0110. The van der Waals surface area contributed by atoms with Gasteiger partial charge in [-0.3, -0.25) is 9.59 Å². The van der Waals surface area contributed by atoms with Crippen molar-refractivity contribution >= 4 is 17.4 Å². The third kappa shape index (κ3) is 4.13. The fourth-order valence-corrected chi connectivity index (χ4v) is 2.16. The van der Waals surface area contributed by atoms with E-state index in [0.717, 1.165) is 37.3 Å². The predicted octanol–water partition coefficient (Wildman–Crippen LogP) is 3.20. The lowest BCUT2D eigenvalue weighted by Crippen LogP contribution is -2.30. The standard InChI is InChI=1S/C17H14F3NO3/c1-9(22)13(6-10-2-3-11(18)7-15(10)20)17(24)21-16-8-12(23)4-5-14(16)19/h2-5,7-8,13,23H,6H2,1H3,(H,21,24). The van der Waals surface area contributed by atoms with Crippen molar-refractivity contribution in [3.05, 3.63) is 59.4 Å². The van der Waals surface area contributed by atoms with Crippen LogP contribution in [0.1, 0.15) is 12.5 Å². The van der Waals surface area contributed by atoms with Gasteiger partial charge in [0.25, 0.3) is 0 Å². The van der Waals surface area contributed by atoms with Gasteiger partial charge in [-0.15, -0.1) is 0 Å². The van der Waals surface area contributed by atoms with Crippen LogP contribution in [0.4, 0.5) is 18.9 Å². The summed E-state index contributed by atoms with van der Waals surface area (Å²) in [5.74, 6) is -5.41. The highest BCUT2D eigenvalue weighted by Gasteiger charge is 2.26. The Kier molecular flexibility index (Phi) is 5.23. The summed E-state index contributed by atoms with van der Waals surface area (Å²) in [6.07, 6.45) is -0.298. The molecular formula is C17H14F3NO3. The van der Waals surface area contributed by atoms with Gasteiger partial charge in [-0.1, -0.05) is 6.07 Å². The molecule has 2 aromatic carbocycles. The van der Waals surface area contributed by atoms with Crippen molar-refractivity contribution in [3.8, 4) is 5.75 Å². The molecule has 0 aliphatic heterocycles. The maximum Gasteiger partial charge on any atom is 0.235 e. The molecule has 2 N–H and O–H groups in total. The van der Waals surface area contributed by atoms with Crippen LogP contribution in [0.3, 0.4) is 0 Å². The Morgan fingerprint density at radius 3 is 2.42 bits per heavy atom. The SMILES string of the molecule is CC(=O)C(Cc1ccc(F)cc1F)C(=O)Nc1cc(O)ccc1F. The summed E-state index contributed by atoms with van der Waals surface area (Å²) in [6.45, 7) is 1.14. The molecule has 2 aromatic rings. The van der Waals surface area contributed by atoms with Gasteiger partial charge in [0.05, 0.1) is 5.69 Å². The first-order chi connectivity index (χ1) is 11.3. The molecule has 0 heterocycles. The van der Waals surface area contributed by atoms with Gasteiger partial charge in [0.15, 0.2) is 0 Å². The summed E-state index contributed by atoms with van der Waals surface area (Å²) in [6, 6.07) is 5.85. The Morgan fingerprint density at radius 1 is 1.08 bits per heavy atom. The molecule has 4 nitrogen and oxygen atoms in total. The summed E-state index contributed by atoms with van der Waals surface area (Å²) in [5, 5.41) is 11.5. The van der Waals surface area contributed by atoms with Crippen LogP contribution in [0.15, 0.2) is 36.4 Å². The molecule has 0 aromatic heterocycles. The number of phenols is 1. The zero-order valence-electron chi connectivity index (χ0n) is 12.6. The number of hydrogen-bond acceptors (Lipinski definition) is 3. The minimum Gasteiger partial charge on any atom is -0.508 e. The highest BCUT2D eigenvalue weighted by Crippen LogP contribution is 2.22. The van der Waals surface area contributed by atoms with Gasteiger partial charge in [-0.05, 0) is 37.1 Å². The van der Waals surface area contributed by atoms with Crippen LogP contribution in [0.25, 0.3) is 0 Å². The summed E-state index contributed by atoms with van der Waals surface area (Å²) < 4.78 is 40.2. The summed E-state index contributed by atoms with van der Waals surface area (Å²) in [4.78, 5) is 23.9. The Morgan fingerprint density at radius 2 is 1.79 bits per heavy atom. The van der Waals surface area contributed by atoms with E-state index in [9.17, 15) is 27.9 Å². The fraction of sp³-hybridized carbons (Fsp3) is 0.176.